The Morgan fingerprint density at radius 1 is 1.00 bits per heavy atom. The lowest BCUT2D eigenvalue weighted by atomic mass is 10.3. The van der Waals surface area contributed by atoms with Crippen molar-refractivity contribution in [3.8, 4) is 0 Å². The summed E-state index contributed by atoms with van der Waals surface area (Å²) in [6, 6.07) is 0. The van der Waals surface area contributed by atoms with Crippen LogP contribution in [0, 0.1) is 0 Å². The minimum atomic E-state index is 0.629. The van der Waals surface area contributed by atoms with Gasteiger partial charge in [0.1, 0.15) is 6.54 Å². The lowest BCUT2D eigenvalue weighted by Crippen LogP contribution is -2.49. The van der Waals surface area contributed by atoms with Crippen LogP contribution < -0.4 is 5.73 Å². The number of hydrogen-bond donors (Lipinski definition) is 1. The van der Waals surface area contributed by atoms with Crippen LogP contribution in [0.3, 0.4) is 0 Å². The third-order valence-electron chi connectivity index (χ3n) is 2.98. The van der Waals surface area contributed by atoms with E-state index in [4.69, 9.17) is 10.5 Å². The Bertz CT molecular complexity index is 105. The summed E-state index contributed by atoms with van der Waals surface area (Å²) >= 11 is 0. The Kier molecular flexibility index (Phi) is 7.23. The predicted octanol–water partition coefficient (Wildman–Crippen LogP) is 0.838. The average molecular weight is 189 g/mol. The van der Waals surface area contributed by atoms with E-state index in [-0.39, 0.29) is 0 Å². The number of hydrogen-bond acceptors (Lipinski definition) is 2. The highest BCUT2D eigenvalue weighted by Gasteiger charge is 2.19. The number of ether oxygens (including phenoxy) is 1. The first-order valence-electron chi connectivity index (χ1n) is 5.37. The van der Waals surface area contributed by atoms with Gasteiger partial charge in [-0.05, 0) is 20.8 Å². The van der Waals surface area contributed by atoms with Crippen LogP contribution in [-0.4, -0.2) is 50.4 Å². The molecule has 0 atom stereocenters. The van der Waals surface area contributed by atoms with Gasteiger partial charge in [-0.25, -0.2) is 0 Å². The highest BCUT2D eigenvalue weighted by atomic mass is 16.5. The maximum atomic E-state index is 5.40. The number of nitrogens with zero attached hydrogens (tertiary/aromatic N) is 1. The Morgan fingerprint density at radius 2 is 1.54 bits per heavy atom. The summed E-state index contributed by atoms with van der Waals surface area (Å²) in [5.74, 6) is 0. The minimum Gasteiger partial charge on any atom is -0.374 e. The van der Waals surface area contributed by atoms with Crippen LogP contribution in [0.15, 0.2) is 0 Å². The van der Waals surface area contributed by atoms with Crippen LogP contribution in [0.4, 0.5) is 0 Å². The molecule has 3 heteroatoms. The molecule has 0 aliphatic rings. The fourth-order valence-electron chi connectivity index (χ4n) is 1.59. The monoisotopic (exact) mass is 189 g/mol. The van der Waals surface area contributed by atoms with Gasteiger partial charge in [-0.3, -0.25) is 0 Å². The summed E-state index contributed by atoms with van der Waals surface area (Å²) in [5, 5.41) is 0. The SMILES string of the molecule is CC[N+](CC)(CC)CCOCCN. The summed E-state index contributed by atoms with van der Waals surface area (Å²) in [7, 11) is 0. The first-order chi connectivity index (χ1) is 6.24. The molecule has 2 N–H and O–H groups in total. The fourth-order valence-corrected chi connectivity index (χ4v) is 1.59. The zero-order valence-corrected chi connectivity index (χ0v) is 9.38. The summed E-state index contributed by atoms with van der Waals surface area (Å²) in [6.45, 7) is 13.6. The van der Waals surface area contributed by atoms with Crippen LogP contribution in [0.1, 0.15) is 20.8 Å². The quantitative estimate of drug-likeness (QED) is 0.453. The lowest BCUT2D eigenvalue weighted by Gasteiger charge is -2.35. The van der Waals surface area contributed by atoms with E-state index in [1.54, 1.807) is 0 Å². The van der Waals surface area contributed by atoms with E-state index in [9.17, 15) is 0 Å². The van der Waals surface area contributed by atoms with Crippen molar-refractivity contribution in [1.82, 2.24) is 0 Å². The molecule has 0 bridgehead atoms. The van der Waals surface area contributed by atoms with Crippen molar-refractivity contribution in [2.45, 2.75) is 20.8 Å². The summed E-state index contributed by atoms with van der Waals surface area (Å²) in [4.78, 5) is 0. The molecule has 0 aromatic rings. The van der Waals surface area contributed by atoms with E-state index in [0.717, 1.165) is 17.6 Å². The van der Waals surface area contributed by atoms with Gasteiger partial charge in [-0.15, -0.1) is 0 Å². The molecule has 0 amide bonds. The van der Waals surface area contributed by atoms with Gasteiger partial charge in [0.05, 0.1) is 32.8 Å². The van der Waals surface area contributed by atoms with E-state index < -0.39 is 0 Å². The van der Waals surface area contributed by atoms with Gasteiger partial charge < -0.3 is 15.0 Å². The van der Waals surface area contributed by atoms with Gasteiger partial charge >= 0.3 is 0 Å². The normalized spacial score (nSPS) is 12.0. The summed E-state index contributed by atoms with van der Waals surface area (Å²) in [5.41, 5.74) is 5.35. The molecule has 0 saturated heterocycles. The highest BCUT2D eigenvalue weighted by Crippen LogP contribution is 2.04. The first kappa shape index (κ1) is 12.9. The predicted molar refractivity (Wildman–Crippen MR) is 56.6 cm³/mol. The van der Waals surface area contributed by atoms with Crippen LogP contribution in [0.2, 0.25) is 0 Å². The third kappa shape index (κ3) is 4.60. The molecule has 0 unspecified atom stereocenters. The van der Waals surface area contributed by atoms with Crippen molar-refractivity contribution < 1.29 is 9.22 Å². The molecule has 0 aromatic heterocycles. The second kappa shape index (κ2) is 7.30. The van der Waals surface area contributed by atoms with Crippen LogP contribution in [0.5, 0.6) is 0 Å². The van der Waals surface area contributed by atoms with Gasteiger partial charge in [-0.2, -0.15) is 0 Å². The Hall–Kier alpha value is -0.120. The second-order valence-electron chi connectivity index (χ2n) is 3.41. The van der Waals surface area contributed by atoms with E-state index in [0.29, 0.717) is 13.2 Å². The molecule has 0 rings (SSSR count). The molecule has 3 nitrogen and oxygen atoms in total. The van der Waals surface area contributed by atoms with Crippen molar-refractivity contribution in [1.29, 1.82) is 0 Å². The Labute approximate surface area is 82.4 Å². The third-order valence-corrected chi connectivity index (χ3v) is 2.98. The van der Waals surface area contributed by atoms with Crippen LogP contribution in [-0.2, 0) is 4.74 Å². The van der Waals surface area contributed by atoms with Gasteiger partial charge in [0.15, 0.2) is 0 Å². The second-order valence-corrected chi connectivity index (χ2v) is 3.41. The van der Waals surface area contributed by atoms with Gasteiger partial charge in [-0.1, -0.05) is 0 Å². The van der Waals surface area contributed by atoms with Gasteiger partial charge in [0.2, 0.25) is 0 Å². The zero-order chi connectivity index (χ0) is 10.2. The molecule has 0 heterocycles. The first-order valence-corrected chi connectivity index (χ1v) is 5.37. The highest BCUT2D eigenvalue weighted by molar-refractivity contribution is 4.39. The summed E-state index contributed by atoms with van der Waals surface area (Å²) < 4.78 is 6.56. The van der Waals surface area contributed by atoms with Crippen molar-refractivity contribution in [2.24, 2.45) is 5.73 Å². The topological polar surface area (TPSA) is 35.2 Å². The standard InChI is InChI=1S/C10H25N2O/c1-4-12(5-2,6-3)8-10-13-9-7-11/h4-11H2,1-3H3/q+1. The van der Waals surface area contributed by atoms with E-state index >= 15 is 0 Å². The van der Waals surface area contributed by atoms with Crippen molar-refractivity contribution in [3.05, 3.63) is 0 Å². The molecule has 0 aromatic carbocycles. The Morgan fingerprint density at radius 3 is 1.92 bits per heavy atom. The average Bonchev–Trinajstić information content (AvgIpc) is 2.20. The smallest absolute Gasteiger partial charge is 0.102 e. The summed E-state index contributed by atoms with van der Waals surface area (Å²) in [6.07, 6.45) is 0. The zero-order valence-electron chi connectivity index (χ0n) is 9.38. The molecule has 0 spiro atoms. The van der Waals surface area contributed by atoms with E-state index in [1.807, 2.05) is 0 Å². The molecule has 0 aliphatic heterocycles. The molecule has 13 heavy (non-hydrogen) atoms. The number of quaternary nitrogens is 1. The van der Waals surface area contributed by atoms with E-state index in [2.05, 4.69) is 20.8 Å². The van der Waals surface area contributed by atoms with Gasteiger partial charge in [0.25, 0.3) is 0 Å². The number of nitrogens with two attached hydrogens (primary N) is 1. The van der Waals surface area contributed by atoms with Crippen LogP contribution in [0.25, 0.3) is 0 Å². The maximum absolute atomic E-state index is 5.40. The molecule has 0 radical (unpaired) electrons. The molecule has 0 fully saturated rings. The van der Waals surface area contributed by atoms with Gasteiger partial charge in [0, 0.05) is 6.54 Å². The lowest BCUT2D eigenvalue weighted by molar-refractivity contribution is -0.923. The van der Waals surface area contributed by atoms with Crippen molar-refractivity contribution in [3.63, 3.8) is 0 Å². The number of likely N-dealkylation sites (N-methyl/N-ethyl adjacent to an activating group) is 1. The van der Waals surface area contributed by atoms with Crippen molar-refractivity contribution >= 4 is 0 Å². The molecule has 80 valence electrons. The molecule has 0 saturated carbocycles. The molecular weight excluding hydrogens is 164 g/mol. The Balaban J connectivity index is 3.68. The maximum Gasteiger partial charge on any atom is 0.102 e. The number of rotatable bonds is 8. The largest absolute Gasteiger partial charge is 0.374 e. The molecule has 0 aliphatic carbocycles. The minimum absolute atomic E-state index is 0.629. The van der Waals surface area contributed by atoms with E-state index in [1.165, 1.54) is 19.6 Å². The fraction of sp³-hybridized carbons (Fsp3) is 1.00. The van der Waals surface area contributed by atoms with Crippen LogP contribution >= 0.6 is 0 Å². The molecular formula is C10H25N2O+. The van der Waals surface area contributed by atoms with Crippen molar-refractivity contribution in [2.75, 3.05) is 45.9 Å².